The van der Waals surface area contributed by atoms with Gasteiger partial charge in [-0.15, -0.1) is 0 Å². The molecule has 1 aromatic carbocycles. The molecule has 3 heteroatoms. The van der Waals surface area contributed by atoms with Crippen LogP contribution in [0.4, 0.5) is 0 Å². The van der Waals surface area contributed by atoms with Gasteiger partial charge in [0.05, 0.1) is 5.02 Å². The normalized spacial score (nSPS) is 13.1. The van der Waals surface area contributed by atoms with Crippen LogP contribution in [0.5, 0.6) is 0 Å². The van der Waals surface area contributed by atoms with Crippen molar-refractivity contribution < 1.29 is 0 Å². The fourth-order valence-corrected chi connectivity index (χ4v) is 2.39. The van der Waals surface area contributed by atoms with Crippen molar-refractivity contribution in [2.75, 3.05) is 6.54 Å². The van der Waals surface area contributed by atoms with E-state index in [1.807, 2.05) is 0 Å². The van der Waals surface area contributed by atoms with Gasteiger partial charge >= 0.3 is 0 Å². The van der Waals surface area contributed by atoms with Crippen LogP contribution in [0, 0.1) is 9.49 Å². The standard InChI is InChI=1S/C14H21ClIN/c1-4-17-14(8-5-10(2)3)11-6-7-13(16)12(15)9-11/h6-7,9-10,14,17H,4-5,8H2,1-3H3. The Kier molecular flexibility index (Phi) is 6.82. The zero-order valence-electron chi connectivity index (χ0n) is 10.8. The smallest absolute Gasteiger partial charge is 0.0542 e. The molecule has 96 valence electrons. The summed E-state index contributed by atoms with van der Waals surface area (Å²) >= 11 is 8.45. The Labute approximate surface area is 123 Å². The molecule has 0 saturated heterocycles. The van der Waals surface area contributed by atoms with Gasteiger partial charge in [0, 0.05) is 9.61 Å². The lowest BCUT2D eigenvalue weighted by atomic mass is 9.97. The van der Waals surface area contributed by atoms with Gasteiger partial charge in [0.25, 0.3) is 0 Å². The first-order chi connectivity index (χ1) is 8.04. The second kappa shape index (κ2) is 7.59. The maximum atomic E-state index is 6.19. The van der Waals surface area contributed by atoms with E-state index in [1.54, 1.807) is 0 Å². The summed E-state index contributed by atoms with van der Waals surface area (Å²) in [7, 11) is 0. The molecule has 0 aliphatic rings. The fourth-order valence-electron chi connectivity index (χ4n) is 1.86. The molecule has 0 aliphatic heterocycles. The summed E-state index contributed by atoms with van der Waals surface area (Å²) in [5.41, 5.74) is 1.30. The van der Waals surface area contributed by atoms with E-state index in [-0.39, 0.29) is 0 Å². The van der Waals surface area contributed by atoms with Gasteiger partial charge in [-0.05, 0) is 65.6 Å². The topological polar surface area (TPSA) is 12.0 Å². The average Bonchev–Trinajstić information content (AvgIpc) is 2.28. The number of hydrogen-bond acceptors (Lipinski definition) is 1. The van der Waals surface area contributed by atoms with Crippen molar-refractivity contribution in [2.24, 2.45) is 5.92 Å². The van der Waals surface area contributed by atoms with Gasteiger partial charge in [-0.2, -0.15) is 0 Å². The first-order valence-corrected chi connectivity index (χ1v) is 7.68. The summed E-state index contributed by atoms with van der Waals surface area (Å²) in [6, 6.07) is 6.80. The van der Waals surface area contributed by atoms with Crippen LogP contribution in [0.25, 0.3) is 0 Å². The highest BCUT2D eigenvalue weighted by molar-refractivity contribution is 14.1. The van der Waals surface area contributed by atoms with Crippen LogP contribution in [0.3, 0.4) is 0 Å². The molecular weight excluding hydrogens is 345 g/mol. The number of benzene rings is 1. The molecule has 0 heterocycles. The minimum absolute atomic E-state index is 0.428. The Morgan fingerprint density at radius 1 is 1.29 bits per heavy atom. The van der Waals surface area contributed by atoms with E-state index in [0.29, 0.717) is 6.04 Å². The first-order valence-electron chi connectivity index (χ1n) is 6.23. The van der Waals surface area contributed by atoms with Crippen LogP contribution in [0.1, 0.15) is 45.2 Å². The maximum absolute atomic E-state index is 6.19. The highest BCUT2D eigenvalue weighted by atomic mass is 127. The van der Waals surface area contributed by atoms with Crippen molar-refractivity contribution in [1.29, 1.82) is 0 Å². The number of hydrogen-bond donors (Lipinski definition) is 1. The van der Waals surface area contributed by atoms with Crippen LogP contribution >= 0.6 is 34.2 Å². The largest absolute Gasteiger partial charge is 0.310 e. The van der Waals surface area contributed by atoms with Crippen LogP contribution in [0.15, 0.2) is 18.2 Å². The molecule has 1 aromatic rings. The zero-order chi connectivity index (χ0) is 12.8. The van der Waals surface area contributed by atoms with Gasteiger partial charge in [0.2, 0.25) is 0 Å². The van der Waals surface area contributed by atoms with Crippen molar-refractivity contribution in [3.05, 3.63) is 32.4 Å². The van der Waals surface area contributed by atoms with Crippen LogP contribution in [-0.2, 0) is 0 Å². The molecular formula is C14H21ClIN. The quantitative estimate of drug-likeness (QED) is 0.697. The molecule has 0 amide bonds. The third kappa shape index (κ3) is 5.14. The Balaban J connectivity index is 2.77. The molecule has 0 radical (unpaired) electrons. The zero-order valence-corrected chi connectivity index (χ0v) is 13.7. The van der Waals surface area contributed by atoms with E-state index in [0.717, 1.165) is 21.1 Å². The molecule has 0 bridgehead atoms. The number of halogens is 2. The second-order valence-electron chi connectivity index (χ2n) is 4.76. The van der Waals surface area contributed by atoms with Crippen molar-refractivity contribution in [3.63, 3.8) is 0 Å². The average molecular weight is 366 g/mol. The van der Waals surface area contributed by atoms with E-state index < -0.39 is 0 Å². The molecule has 0 spiro atoms. The highest BCUT2D eigenvalue weighted by Gasteiger charge is 2.12. The first kappa shape index (κ1) is 15.3. The lowest BCUT2D eigenvalue weighted by Gasteiger charge is -2.20. The van der Waals surface area contributed by atoms with Crippen molar-refractivity contribution in [2.45, 2.75) is 39.7 Å². The lowest BCUT2D eigenvalue weighted by Crippen LogP contribution is -2.21. The van der Waals surface area contributed by atoms with Crippen molar-refractivity contribution in [3.8, 4) is 0 Å². The Morgan fingerprint density at radius 3 is 2.53 bits per heavy atom. The predicted octanol–water partition coefficient (Wildman–Crippen LogP) is 5.03. The summed E-state index contributed by atoms with van der Waals surface area (Å²) in [6.07, 6.45) is 2.41. The number of nitrogens with one attached hydrogen (secondary N) is 1. The van der Waals surface area contributed by atoms with Gasteiger partial charge in [0.1, 0.15) is 0 Å². The van der Waals surface area contributed by atoms with E-state index in [1.165, 1.54) is 18.4 Å². The lowest BCUT2D eigenvalue weighted by molar-refractivity contribution is 0.448. The molecule has 0 aromatic heterocycles. The van der Waals surface area contributed by atoms with Crippen molar-refractivity contribution in [1.82, 2.24) is 5.32 Å². The SMILES string of the molecule is CCNC(CCC(C)C)c1ccc(I)c(Cl)c1. The van der Waals surface area contributed by atoms with Gasteiger partial charge in [-0.25, -0.2) is 0 Å². The minimum Gasteiger partial charge on any atom is -0.310 e. The molecule has 0 fully saturated rings. The van der Waals surface area contributed by atoms with E-state index >= 15 is 0 Å². The summed E-state index contributed by atoms with van der Waals surface area (Å²) in [4.78, 5) is 0. The Bertz CT molecular complexity index is 352. The van der Waals surface area contributed by atoms with E-state index in [9.17, 15) is 0 Å². The molecule has 1 rings (SSSR count). The maximum Gasteiger partial charge on any atom is 0.0542 e. The predicted molar refractivity (Wildman–Crippen MR) is 84.7 cm³/mol. The molecule has 1 atom stereocenters. The van der Waals surface area contributed by atoms with Gasteiger partial charge < -0.3 is 5.32 Å². The summed E-state index contributed by atoms with van der Waals surface area (Å²) < 4.78 is 1.12. The van der Waals surface area contributed by atoms with Crippen LogP contribution in [0.2, 0.25) is 5.02 Å². The molecule has 0 aliphatic carbocycles. The molecule has 1 unspecified atom stereocenters. The molecule has 1 N–H and O–H groups in total. The Morgan fingerprint density at radius 2 is 2.00 bits per heavy atom. The van der Waals surface area contributed by atoms with Gasteiger partial charge in [-0.1, -0.05) is 38.4 Å². The number of rotatable bonds is 6. The third-order valence-electron chi connectivity index (χ3n) is 2.83. The molecule has 0 saturated carbocycles. The fraction of sp³-hybridized carbons (Fsp3) is 0.571. The van der Waals surface area contributed by atoms with Crippen LogP contribution < -0.4 is 5.32 Å². The third-order valence-corrected chi connectivity index (χ3v) is 4.40. The highest BCUT2D eigenvalue weighted by Crippen LogP contribution is 2.26. The minimum atomic E-state index is 0.428. The molecule has 17 heavy (non-hydrogen) atoms. The monoisotopic (exact) mass is 365 g/mol. The second-order valence-corrected chi connectivity index (χ2v) is 6.32. The van der Waals surface area contributed by atoms with Crippen molar-refractivity contribution >= 4 is 34.2 Å². The van der Waals surface area contributed by atoms with Gasteiger partial charge in [0.15, 0.2) is 0 Å². The summed E-state index contributed by atoms with van der Waals surface area (Å²) in [5.74, 6) is 0.746. The summed E-state index contributed by atoms with van der Waals surface area (Å²) in [6.45, 7) is 7.68. The van der Waals surface area contributed by atoms with Crippen LogP contribution in [-0.4, -0.2) is 6.54 Å². The Hall–Kier alpha value is 0.200. The van der Waals surface area contributed by atoms with Gasteiger partial charge in [-0.3, -0.25) is 0 Å². The molecule has 1 nitrogen and oxygen atoms in total. The van der Waals surface area contributed by atoms with E-state index in [4.69, 9.17) is 11.6 Å². The van der Waals surface area contributed by atoms with E-state index in [2.05, 4.69) is 66.9 Å². The summed E-state index contributed by atoms with van der Waals surface area (Å²) in [5, 5.41) is 4.40.